The average molecular weight is 447 g/mol. The van der Waals surface area contributed by atoms with Crippen LogP contribution in [0, 0.1) is 0 Å². The molecule has 0 N–H and O–H groups in total. The Bertz CT molecular complexity index is 980. The molecule has 0 unspecified atom stereocenters. The van der Waals surface area contributed by atoms with Crippen LogP contribution in [-0.2, 0) is 21.3 Å². The van der Waals surface area contributed by atoms with Gasteiger partial charge in [-0.05, 0) is 42.7 Å². The fraction of sp³-hybridized carbons (Fsp3) is 0.478. The average Bonchev–Trinajstić information content (AvgIpc) is 3.01. The van der Waals surface area contributed by atoms with Crippen molar-refractivity contribution in [3.63, 3.8) is 0 Å². The van der Waals surface area contributed by atoms with Crippen LogP contribution in [0.25, 0.3) is 0 Å². The summed E-state index contributed by atoms with van der Waals surface area (Å²) in [6, 6.07) is 14.8. The highest BCUT2D eigenvalue weighted by atomic mass is 32.2. The molecule has 0 radical (unpaired) electrons. The lowest BCUT2D eigenvalue weighted by atomic mass is 10.1. The van der Waals surface area contributed by atoms with Gasteiger partial charge in [0.2, 0.25) is 10.0 Å². The first kappa shape index (κ1) is 22.1. The first-order valence-electron chi connectivity index (χ1n) is 10.6. The van der Waals surface area contributed by atoms with Crippen molar-refractivity contribution in [1.29, 1.82) is 0 Å². The zero-order valence-corrected chi connectivity index (χ0v) is 18.9. The van der Waals surface area contributed by atoms with Crippen molar-refractivity contribution in [3.05, 3.63) is 54.1 Å². The van der Waals surface area contributed by atoms with Gasteiger partial charge in [-0.15, -0.1) is 0 Å². The van der Waals surface area contributed by atoms with Gasteiger partial charge in [0.05, 0.1) is 19.8 Å². The van der Waals surface area contributed by atoms with E-state index in [4.69, 9.17) is 14.2 Å². The Morgan fingerprint density at radius 2 is 1.77 bits per heavy atom. The molecule has 2 aliphatic heterocycles. The van der Waals surface area contributed by atoms with Crippen LogP contribution >= 0.6 is 0 Å². The molecule has 4 rings (SSSR count). The van der Waals surface area contributed by atoms with E-state index in [0.29, 0.717) is 25.3 Å². The third-order valence-corrected chi connectivity index (χ3v) is 8.03. The van der Waals surface area contributed by atoms with Gasteiger partial charge < -0.3 is 14.2 Å². The minimum Gasteiger partial charge on any atom is -0.497 e. The molecule has 0 spiro atoms. The maximum atomic E-state index is 13.5. The first-order valence-corrected chi connectivity index (χ1v) is 12.1. The standard InChI is InChI=1S/C23H30N2O5S/c1-28-16-15-25-20-11-13-24(17-18-7-9-19(29-2)10-8-18)14-12-21(20)30-22-5-3-4-6-23(22)31(25,26)27/h3-10,20-21H,11-17H2,1-2H3/t20-,21-/m1/s1. The summed E-state index contributed by atoms with van der Waals surface area (Å²) in [4.78, 5) is 2.61. The van der Waals surface area contributed by atoms with Crippen LogP contribution in [0.1, 0.15) is 18.4 Å². The second kappa shape index (κ2) is 9.56. The van der Waals surface area contributed by atoms with Gasteiger partial charge in [-0.1, -0.05) is 24.3 Å². The molecule has 1 saturated heterocycles. The first-order chi connectivity index (χ1) is 15.0. The van der Waals surface area contributed by atoms with Crippen LogP contribution in [0.2, 0.25) is 0 Å². The highest BCUT2D eigenvalue weighted by Crippen LogP contribution is 2.36. The molecular weight excluding hydrogens is 416 g/mol. The van der Waals surface area contributed by atoms with E-state index < -0.39 is 10.0 Å². The third-order valence-electron chi connectivity index (χ3n) is 6.07. The zero-order chi connectivity index (χ0) is 21.8. The van der Waals surface area contributed by atoms with Gasteiger partial charge in [0.25, 0.3) is 0 Å². The fourth-order valence-electron chi connectivity index (χ4n) is 4.42. The topological polar surface area (TPSA) is 68.3 Å². The number of sulfonamides is 1. The number of likely N-dealkylation sites (tertiary alicyclic amines) is 1. The van der Waals surface area contributed by atoms with E-state index in [-0.39, 0.29) is 17.0 Å². The predicted molar refractivity (Wildman–Crippen MR) is 118 cm³/mol. The van der Waals surface area contributed by atoms with E-state index in [9.17, 15) is 8.42 Å². The monoisotopic (exact) mass is 446 g/mol. The van der Waals surface area contributed by atoms with Crippen LogP contribution in [0.4, 0.5) is 0 Å². The number of ether oxygens (including phenoxy) is 3. The number of methoxy groups -OCH3 is 2. The van der Waals surface area contributed by atoms with Crippen LogP contribution in [-0.4, -0.2) is 70.2 Å². The normalized spacial score (nSPS) is 23.7. The van der Waals surface area contributed by atoms with E-state index in [1.54, 1.807) is 36.7 Å². The van der Waals surface area contributed by atoms with E-state index in [1.165, 1.54) is 5.56 Å². The summed E-state index contributed by atoms with van der Waals surface area (Å²) in [5.41, 5.74) is 1.21. The Morgan fingerprint density at radius 1 is 1.03 bits per heavy atom. The highest BCUT2D eigenvalue weighted by Gasteiger charge is 2.43. The fourth-order valence-corrected chi connectivity index (χ4v) is 6.21. The summed E-state index contributed by atoms with van der Waals surface area (Å²) >= 11 is 0. The van der Waals surface area contributed by atoms with E-state index in [1.807, 2.05) is 18.2 Å². The second-order valence-electron chi connectivity index (χ2n) is 7.98. The number of rotatable bonds is 6. The summed E-state index contributed by atoms with van der Waals surface area (Å²) < 4.78 is 45.4. The minimum atomic E-state index is -3.67. The lowest BCUT2D eigenvalue weighted by Crippen LogP contribution is -2.48. The summed E-state index contributed by atoms with van der Waals surface area (Å²) in [5, 5.41) is 0. The molecule has 168 valence electrons. The van der Waals surface area contributed by atoms with Gasteiger partial charge in [-0.3, -0.25) is 4.90 Å². The molecule has 0 bridgehead atoms. The number of hydrogen-bond acceptors (Lipinski definition) is 6. The van der Waals surface area contributed by atoms with Crippen molar-refractivity contribution in [1.82, 2.24) is 9.21 Å². The van der Waals surface area contributed by atoms with Gasteiger partial charge >= 0.3 is 0 Å². The van der Waals surface area contributed by atoms with Crippen LogP contribution < -0.4 is 9.47 Å². The van der Waals surface area contributed by atoms with Crippen molar-refractivity contribution in [3.8, 4) is 11.5 Å². The number of nitrogens with zero attached hydrogens (tertiary/aromatic N) is 2. The van der Waals surface area contributed by atoms with Crippen LogP contribution in [0.5, 0.6) is 11.5 Å². The van der Waals surface area contributed by atoms with E-state index in [0.717, 1.165) is 31.8 Å². The van der Waals surface area contributed by atoms with Crippen LogP contribution in [0.3, 0.4) is 0 Å². The Balaban J connectivity index is 1.57. The molecular formula is C23H30N2O5S. The molecule has 0 saturated carbocycles. The quantitative estimate of drug-likeness (QED) is 0.680. The molecule has 2 heterocycles. The van der Waals surface area contributed by atoms with Crippen LogP contribution in [0.15, 0.2) is 53.4 Å². The molecule has 2 aromatic rings. The highest BCUT2D eigenvalue weighted by molar-refractivity contribution is 7.89. The summed E-state index contributed by atoms with van der Waals surface area (Å²) in [6.45, 7) is 3.11. The summed E-state index contributed by atoms with van der Waals surface area (Å²) in [5.74, 6) is 1.29. The molecule has 0 aromatic heterocycles. The maximum absolute atomic E-state index is 13.5. The van der Waals surface area contributed by atoms with Gasteiger partial charge in [-0.25, -0.2) is 8.42 Å². The Kier molecular flexibility index (Phi) is 6.81. The second-order valence-corrected chi connectivity index (χ2v) is 9.84. The molecule has 2 aliphatic rings. The van der Waals surface area contributed by atoms with Crippen molar-refractivity contribution < 1.29 is 22.6 Å². The van der Waals surface area contributed by atoms with Gasteiger partial charge in [0.15, 0.2) is 0 Å². The molecule has 0 amide bonds. The van der Waals surface area contributed by atoms with Crippen molar-refractivity contribution >= 4 is 10.0 Å². The number of hydrogen-bond donors (Lipinski definition) is 0. The van der Waals surface area contributed by atoms with E-state index in [2.05, 4.69) is 17.0 Å². The molecule has 1 fully saturated rings. The number of benzene rings is 2. The Labute approximate surface area is 184 Å². The van der Waals surface area contributed by atoms with E-state index >= 15 is 0 Å². The van der Waals surface area contributed by atoms with Gasteiger partial charge in [-0.2, -0.15) is 4.31 Å². The molecule has 2 aromatic carbocycles. The molecule has 31 heavy (non-hydrogen) atoms. The third kappa shape index (κ3) is 4.72. The Hall–Kier alpha value is -2.13. The number of fused-ring (bicyclic) bond motifs is 2. The van der Waals surface area contributed by atoms with Gasteiger partial charge in [0.1, 0.15) is 22.5 Å². The lowest BCUT2D eigenvalue weighted by molar-refractivity contribution is 0.0958. The summed E-state index contributed by atoms with van der Waals surface area (Å²) in [7, 11) is -0.411. The SMILES string of the molecule is COCCN1[C@@H]2CCN(Cc3ccc(OC)cc3)CC[C@H]2Oc2ccccc2S1(=O)=O. The minimum absolute atomic E-state index is 0.198. The van der Waals surface area contributed by atoms with Crippen molar-refractivity contribution in [2.24, 2.45) is 0 Å². The predicted octanol–water partition coefficient (Wildman–Crippen LogP) is 2.76. The van der Waals surface area contributed by atoms with Crippen molar-refractivity contribution in [2.75, 3.05) is 40.5 Å². The zero-order valence-electron chi connectivity index (χ0n) is 18.1. The number of para-hydroxylation sites is 1. The molecule has 8 heteroatoms. The largest absolute Gasteiger partial charge is 0.497 e. The Morgan fingerprint density at radius 3 is 2.52 bits per heavy atom. The van der Waals surface area contributed by atoms with Crippen molar-refractivity contribution in [2.45, 2.75) is 36.4 Å². The maximum Gasteiger partial charge on any atom is 0.247 e. The molecule has 0 aliphatic carbocycles. The molecule has 2 atom stereocenters. The smallest absolute Gasteiger partial charge is 0.247 e. The van der Waals surface area contributed by atoms with Gasteiger partial charge in [0, 0.05) is 33.3 Å². The lowest BCUT2D eigenvalue weighted by Gasteiger charge is -2.31. The molecule has 7 nitrogen and oxygen atoms in total. The summed E-state index contributed by atoms with van der Waals surface area (Å²) in [6.07, 6.45) is 1.27.